The summed E-state index contributed by atoms with van der Waals surface area (Å²) in [5.74, 6) is 1.38. The summed E-state index contributed by atoms with van der Waals surface area (Å²) in [6, 6.07) is 1.66. The molecule has 1 aliphatic rings. The van der Waals surface area contributed by atoms with E-state index >= 15 is 0 Å². The van der Waals surface area contributed by atoms with Gasteiger partial charge in [0.1, 0.15) is 0 Å². The zero-order valence-corrected chi connectivity index (χ0v) is 14.0. The van der Waals surface area contributed by atoms with E-state index < -0.39 is 0 Å². The highest BCUT2D eigenvalue weighted by molar-refractivity contribution is 5.78. The first-order chi connectivity index (χ1) is 9.40. The van der Waals surface area contributed by atoms with Crippen LogP contribution in [0.2, 0.25) is 0 Å². The molecular formula is C16H34N4. The number of hydrogen-bond acceptors (Lipinski definition) is 2. The summed E-state index contributed by atoms with van der Waals surface area (Å²) < 4.78 is 0. The molecule has 1 aliphatic carbocycles. The maximum absolute atomic E-state index is 5.97. The fourth-order valence-electron chi connectivity index (χ4n) is 2.40. The van der Waals surface area contributed by atoms with Gasteiger partial charge in [0.2, 0.25) is 0 Å². The molecule has 0 heterocycles. The lowest BCUT2D eigenvalue weighted by Gasteiger charge is -2.23. The van der Waals surface area contributed by atoms with E-state index in [4.69, 9.17) is 5.73 Å². The van der Waals surface area contributed by atoms with E-state index in [0.717, 1.165) is 24.9 Å². The smallest absolute Gasteiger partial charge is 0.188 e. The molecule has 2 unspecified atom stereocenters. The summed E-state index contributed by atoms with van der Waals surface area (Å²) in [5.41, 5.74) is 5.97. The summed E-state index contributed by atoms with van der Waals surface area (Å²) in [6.45, 7) is 9.73. The molecule has 0 amide bonds. The van der Waals surface area contributed by atoms with Crippen molar-refractivity contribution in [2.24, 2.45) is 16.6 Å². The average molecular weight is 282 g/mol. The van der Waals surface area contributed by atoms with Crippen LogP contribution >= 0.6 is 0 Å². The van der Waals surface area contributed by atoms with Crippen LogP contribution in [-0.4, -0.2) is 42.6 Å². The first-order valence-electron chi connectivity index (χ1n) is 8.18. The molecule has 0 aliphatic heterocycles. The molecule has 0 spiro atoms. The number of hydrogen-bond donors (Lipinski definition) is 2. The van der Waals surface area contributed by atoms with Crippen LogP contribution in [0, 0.1) is 5.92 Å². The Kier molecular flexibility index (Phi) is 7.35. The van der Waals surface area contributed by atoms with Crippen molar-refractivity contribution in [2.45, 2.75) is 77.9 Å². The second-order valence-electron chi connectivity index (χ2n) is 6.84. The highest BCUT2D eigenvalue weighted by atomic mass is 15.2. The van der Waals surface area contributed by atoms with Crippen LogP contribution in [0.3, 0.4) is 0 Å². The highest BCUT2D eigenvalue weighted by Crippen LogP contribution is 2.26. The Bertz CT molecular complexity index is 297. The van der Waals surface area contributed by atoms with E-state index in [9.17, 15) is 0 Å². The van der Waals surface area contributed by atoms with Crippen molar-refractivity contribution >= 4 is 5.96 Å². The van der Waals surface area contributed by atoms with E-state index in [1.807, 2.05) is 0 Å². The van der Waals surface area contributed by atoms with Crippen LogP contribution in [0.1, 0.15) is 59.8 Å². The summed E-state index contributed by atoms with van der Waals surface area (Å²) in [7, 11) is 2.19. The van der Waals surface area contributed by atoms with Gasteiger partial charge in [-0.3, -0.25) is 9.89 Å². The summed E-state index contributed by atoms with van der Waals surface area (Å²) >= 11 is 0. The molecule has 4 nitrogen and oxygen atoms in total. The molecule has 4 heteroatoms. The molecule has 1 fully saturated rings. The van der Waals surface area contributed by atoms with Crippen molar-refractivity contribution in [1.82, 2.24) is 10.2 Å². The maximum atomic E-state index is 5.97. The number of aliphatic imine (C=N–C) groups is 1. The standard InChI is InChI=1S/C16H34N4/c1-12(2)7-6-8-13(3)19-16(17)18-11-14(4)20(5)15-9-10-15/h12-15H,6-11H2,1-5H3,(H3,17,18,19). The normalized spacial score (nSPS) is 19.4. The van der Waals surface area contributed by atoms with E-state index in [0.29, 0.717) is 18.0 Å². The van der Waals surface area contributed by atoms with Crippen molar-refractivity contribution in [2.75, 3.05) is 13.6 Å². The predicted octanol–water partition coefficient (Wildman–Crippen LogP) is 2.59. The van der Waals surface area contributed by atoms with Gasteiger partial charge in [0.05, 0.1) is 6.54 Å². The predicted molar refractivity (Wildman–Crippen MR) is 88.0 cm³/mol. The van der Waals surface area contributed by atoms with Gasteiger partial charge in [-0.25, -0.2) is 0 Å². The number of nitrogens with zero attached hydrogens (tertiary/aromatic N) is 2. The van der Waals surface area contributed by atoms with Crippen molar-refractivity contribution in [3.8, 4) is 0 Å². The van der Waals surface area contributed by atoms with Gasteiger partial charge >= 0.3 is 0 Å². The molecule has 1 saturated carbocycles. The second-order valence-corrected chi connectivity index (χ2v) is 6.84. The monoisotopic (exact) mass is 282 g/mol. The fraction of sp³-hybridized carbons (Fsp3) is 0.938. The number of likely N-dealkylation sites (N-methyl/N-ethyl adjacent to an activating group) is 1. The Morgan fingerprint density at radius 2 is 1.90 bits per heavy atom. The highest BCUT2D eigenvalue weighted by Gasteiger charge is 2.28. The molecule has 0 bridgehead atoms. The van der Waals surface area contributed by atoms with Crippen LogP contribution in [0.5, 0.6) is 0 Å². The molecule has 0 aromatic carbocycles. The van der Waals surface area contributed by atoms with Crippen LogP contribution in [0.25, 0.3) is 0 Å². The van der Waals surface area contributed by atoms with Gasteiger partial charge in [-0.05, 0) is 46.1 Å². The van der Waals surface area contributed by atoms with Crippen molar-refractivity contribution < 1.29 is 0 Å². The number of guanidine groups is 1. The lowest BCUT2D eigenvalue weighted by molar-refractivity contribution is 0.253. The molecule has 1 rings (SSSR count). The number of nitrogens with one attached hydrogen (secondary N) is 1. The average Bonchev–Trinajstić information content (AvgIpc) is 3.18. The van der Waals surface area contributed by atoms with Gasteiger partial charge in [-0.2, -0.15) is 0 Å². The summed E-state index contributed by atoms with van der Waals surface area (Å²) in [4.78, 5) is 6.90. The third kappa shape index (κ3) is 7.13. The van der Waals surface area contributed by atoms with Crippen LogP contribution in [0.15, 0.2) is 4.99 Å². The molecule has 20 heavy (non-hydrogen) atoms. The van der Waals surface area contributed by atoms with Crippen molar-refractivity contribution in [3.05, 3.63) is 0 Å². The zero-order valence-electron chi connectivity index (χ0n) is 14.0. The molecule has 0 aromatic rings. The summed E-state index contributed by atoms with van der Waals surface area (Å²) in [5, 5.41) is 3.30. The Hall–Kier alpha value is -0.770. The fourth-order valence-corrected chi connectivity index (χ4v) is 2.40. The zero-order chi connectivity index (χ0) is 15.1. The lowest BCUT2D eigenvalue weighted by Crippen LogP contribution is -2.40. The van der Waals surface area contributed by atoms with Gasteiger partial charge < -0.3 is 11.1 Å². The molecule has 118 valence electrons. The second kappa shape index (κ2) is 8.50. The lowest BCUT2D eigenvalue weighted by atomic mass is 10.0. The topological polar surface area (TPSA) is 53.6 Å². The Labute approximate surface area is 125 Å². The van der Waals surface area contributed by atoms with Gasteiger partial charge in [-0.15, -0.1) is 0 Å². The number of rotatable bonds is 9. The first-order valence-corrected chi connectivity index (χ1v) is 8.18. The first kappa shape index (κ1) is 17.3. The van der Waals surface area contributed by atoms with E-state index in [-0.39, 0.29) is 0 Å². The minimum absolute atomic E-state index is 0.411. The quantitative estimate of drug-likeness (QED) is 0.505. The third-order valence-corrected chi connectivity index (χ3v) is 4.16. The molecule has 0 aromatic heterocycles. The Balaban J connectivity index is 2.19. The summed E-state index contributed by atoms with van der Waals surface area (Å²) in [6.07, 6.45) is 6.37. The van der Waals surface area contributed by atoms with Crippen LogP contribution < -0.4 is 11.1 Å². The van der Waals surface area contributed by atoms with E-state index in [1.54, 1.807) is 0 Å². The minimum Gasteiger partial charge on any atom is -0.370 e. The van der Waals surface area contributed by atoms with Gasteiger partial charge in [0, 0.05) is 18.1 Å². The van der Waals surface area contributed by atoms with Gasteiger partial charge in [0.25, 0.3) is 0 Å². The molecular weight excluding hydrogens is 248 g/mol. The minimum atomic E-state index is 0.411. The van der Waals surface area contributed by atoms with Crippen molar-refractivity contribution in [3.63, 3.8) is 0 Å². The third-order valence-electron chi connectivity index (χ3n) is 4.16. The number of nitrogens with two attached hydrogens (primary N) is 1. The van der Waals surface area contributed by atoms with E-state index in [1.165, 1.54) is 25.7 Å². The van der Waals surface area contributed by atoms with Crippen LogP contribution in [-0.2, 0) is 0 Å². The SMILES string of the molecule is CC(C)CCCC(C)NC(N)=NCC(C)N(C)C1CC1. The van der Waals surface area contributed by atoms with Crippen LogP contribution in [0.4, 0.5) is 0 Å². The molecule has 2 atom stereocenters. The van der Waals surface area contributed by atoms with Gasteiger partial charge in [-0.1, -0.05) is 26.7 Å². The van der Waals surface area contributed by atoms with E-state index in [2.05, 4.69) is 50.0 Å². The molecule has 3 N–H and O–H groups in total. The van der Waals surface area contributed by atoms with Crippen molar-refractivity contribution in [1.29, 1.82) is 0 Å². The molecule has 0 radical (unpaired) electrons. The molecule has 0 saturated heterocycles. The maximum Gasteiger partial charge on any atom is 0.188 e. The Morgan fingerprint density at radius 3 is 2.45 bits per heavy atom. The van der Waals surface area contributed by atoms with Gasteiger partial charge in [0.15, 0.2) is 5.96 Å². The Morgan fingerprint density at radius 1 is 1.25 bits per heavy atom. The largest absolute Gasteiger partial charge is 0.370 e.